The van der Waals surface area contributed by atoms with E-state index in [2.05, 4.69) is 20.3 Å². The summed E-state index contributed by atoms with van der Waals surface area (Å²) in [6.45, 7) is 2.46. The van der Waals surface area contributed by atoms with Crippen molar-refractivity contribution in [1.29, 1.82) is 0 Å². The summed E-state index contributed by atoms with van der Waals surface area (Å²) < 4.78 is 29.8. The molecule has 1 aliphatic heterocycles. The van der Waals surface area contributed by atoms with E-state index in [1.807, 2.05) is 49.6 Å². The fourth-order valence-corrected chi connectivity index (χ4v) is 4.49. The van der Waals surface area contributed by atoms with Gasteiger partial charge in [-0.05, 0) is 43.6 Å². The van der Waals surface area contributed by atoms with Gasteiger partial charge in [0.15, 0.2) is 0 Å². The summed E-state index contributed by atoms with van der Waals surface area (Å²) in [5.74, 6) is 0.0215. The molecule has 0 aliphatic carbocycles. The molecular formula is C18H25N3O2S. The maximum atomic E-state index is 12.4. The fraction of sp³-hybridized carbons (Fsp3) is 0.444. The van der Waals surface area contributed by atoms with Crippen LogP contribution in [0.3, 0.4) is 0 Å². The Kier molecular flexibility index (Phi) is 5.38. The van der Waals surface area contributed by atoms with Crippen molar-refractivity contribution in [2.24, 2.45) is 7.05 Å². The Bertz CT molecular complexity index is 750. The zero-order chi connectivity index (χ0) is 17.0. The molecule has 6 heteroatoms. The molecule has 1 fully saturated rings. The van der Waals surface area contributed by atoms with Gasteiger partial charge in [0.1, 0.15) is 0 Å². The maximum absolute atomic E-state index is 12.4. The summed E-state index contributed by atoms with van der Waals surface area (Å²) in [5.41, 5.74) is 1.96. The van der Waals surface area contributed by atoms with Crippen LogP contribution in [0.25, 0.3) is 0 Å². The number of nitrogens with one attached hydrogen (secondary N) is 1. The lowest BCUT2D eigenvalue weighted by molar-refractivity contribution is 0.238. The van der Waals surface area contributed by atoms with E-state index in [9.17, 15) is 8.42 Å². The third-order valence-electron chi connectivity index (χ3n) is 4.60. The quantitative estimate of drug-likeness (QED) is 0.836. The Morgan fingerprint density at radius 1 is 1.08 bits per heavy atom. The van der Waals surface area contributed by atoms with E-state index in [4.69, 9.17) is 0 Å². The Morgan fingerprint density at radius 2 is 1.79 bits per heavy atom. The molecule has 0 unspecified atom stereocenters. The minimum Gasteiger partial charge on any atom is -0.353 e. The molecule has 1 aromatic carbocycles. The predicted molar refractivity (Wildman–Crippen MR) is 96.0 cm³/mol. The highest BCUT2D eigenvalue weighted by Gasteiger charge is 2.26. The van der Waals surface area contributed by atoms with Crippen LogP contribution in [0.5, 0.6) is 0 Å². The topological polar surface area (TPSA) is 54.3 Å². The van der Waals surface area contributed by atoms with E-state index in [1.165, 1.54) is 12.8 Å². The maximum Gasteiger partial charge on any atom is 0.215 e. The van der Waals surface area contributed by atoms with Gasteiger partial charge in [-0.25, -0.2) is 13.1 Å². The second-order valence-corrected chi connectivity index (χ2v) is 8.20. The van der Waals surface area contributed by atoms with Crippen LogP contribution in [0.4, 0.5) is 0 Å². The molecule has 1 N–H and O–H groups in total. The molecule has 1 atom stereocenters. The summed E-state index contributed by atoms with van der Waals surface area (Å²) in [6.07, 6.45) is 4.37. The average molecular weight is 347 g/mol. The molecule has 0 spiro atoms. The van der Waals surface area contributed by atoms with Crippen LogP contribution in [0.1, 0.15) is 30.1 Å². The van der Waals surface area contributed by atoms with Gasteiger partial charge in [0, 0.05) is 25.5 Å². The van der Waals surface area contributed by atoms with Crippen LogP contribution >= 0.6 is 0 Å². The van der Waals surface area contributed by atoms with Gasteiger partial charge >= 0.3 is 0 Å². The molecule has 0 radical (unpaired) electrons. The number of rotatable bonds is 7. The molecule has 1 saturated heterocycles. The smallest absolute Gasteiger partial charge is 0.215 e. The highest BCUT2D eigenvalue weighted by molar-refractivity contribution is 7.88. The largest absolute Gasteiger partial charge is 0.353 e. The number of likely N-dealkylation sites (tertiary alicyclic amines) is 1. The lowest BCUT2D eigenvalue weighted by atomic mass is 10.2. The van der Waals surface area contributed by atoms with E-state index >= 15 is 0 Å². The van der Waals surface area contributed by atoms with E-state index in [-0.39, 0.29) is 11.8 Å². The monoisotopic (exact) mass is 347 g/mol. The van der Waals surface area contributed by atoms with Gasteiger partial charge in [-0.1, -0.05) is 30.3 Å². The Hall–Kier alpha value is -1.63. The van der Waals surface area contributed by atoms with Gasteiger partial charge in [0.2, 0.25) is 10.0 Å². The molecule has 1 aliphatic rings. The molecule has 2 heterocycles. The van der Waals surface area contributed by atoms with Crippen molar-refractivity contribution in [3.05, 3.63) is 59.9 Å². The summed E-state index contributed by atoms with van der Waals surface area (Å²) in [5, 5.41) is 0. The Balaban J connectivity index is 1.70. The number of sulfonamides is 1. The summed E-state index contributed by atoms with van der Waals surface area (Å²) in [4.78, 5) is 2.38. The van der Waals surface area contributed by atoms with Gasteiger partial charge in [-0.15, -0.1) is 0 Å². The van der Waals surface area contributed by atoms with Gasteiger partial charge in [0.25, 0.3) is 0 Å². The lowest BCUT2D eigenvalue weighted by Gasteiger charge is -2.28. The lowest BCUT2D eigenvalue weighted by Crippen LogP contribution is -2.38. The number of aromatic nitrogens is 1. The zero-order valence-corrected chi connectivity index (χ0v) is 14.9. The SMILES string of the molecule is Cn1cccc1[C@@H](CNS(=O)(=O)Cc1ccccc1)N1CCCC1. The van der Waals surface area contributed by atoms with Gasteiger partial charge in [-0.2, -0.15) is 0 Å². The van der Waals surface area contributed by atoms with Crippen molar-refractivity contribution < 1.29 is 8.42 Å². The normalized spacial score (nSPS) is 17.2. The standard InChI is InChI=1S/C18H25N3O2S/c1-20-11-7-10-17(20)18(21-12-5-6-13-21)14-19-24(22,23)15-16-8-3-2-4-9-16/h2-4,7-11,18-19H,5-6,12-15H2,1H3/t18-/m1/s1. The molecule has 24 heavy (non-hydrogen) atoms. The first kappa shape index (κ1) is 17.2. The molecule has 5 nitrogen and oxygen atoms in total. The number of hydrogen-bond acceptors (Lipinski definition) is 3. The fourth-order valence-electron chi connectivity index (χ4n) is 3.35. The van der Waals surface area contributed by atoms with Crippen LogP contribution < -0.4 is 4.72 Å². The zero-order valence-electron chi connectivity index (χ0n) is 14.1. The molecule has 2 aromatic rings. The van der Waals surface area contributed by atoms with E-state index in [0.717, 1.165) is 24.3 Å². The van der Waals surface area contributed by atoms with Crippen molar-refractivity contribution in [3.63, 3.8) is 0 Å². The van der Waals surface area contributed by atoms with Gasteiger partial charge < -0.3 is 4.57 Å². The first-order chi connectivity index (χ1) is 11.6. The van der Waals surface area contributed by atoms with E-state index < -0.39 is 10.0 Å². The van der Waals surface area contributed by atoms with Crippen molar-refractivity contribution >= 4 is 10.0 Å². The Labute approximate surface area is 144 Å². The third kappa shape index (κ3) is 4.26. The highest BCUT2D eigenvalue weighted by Crippen LogP contribution is 2.25. The van der Waals surface area contributed by atoms with E-state index in [1.54, 1.807) is 0 Å². The molecule has 1 aromatic heterocycles. The number of nitrogens with zero attached hydrogens (tertiary/aromatic N) is 2. The number of aryl methyl sites for hydroxylation is 1. The van der Waals surface area contributed by atoms with Gasteiger partial charge in [0.05, 0.1) is 11.8 Å². The molecular weight excluding hydrogens is 322 g/mol. The Morgan fingerprint density at radius 3 is 2.42 bits per heavy atom. The summed E-state index contributed by atoms with van der Waals surface area (Å²) in [6, 6.07) is 13.5. The number of hydrogen-bond donors (Lipinski definition) is 1. The second kappa shape index (κ2) is 7.51. The minimum absolute atomic E-state index is 0.0215. The minimum atomic E-state index is -3.35. The molecule has 130 valence electrons. The third-order valence-corrected chi connectivity index (χ3v) is 5.92. The van der Waals surface area contributed by atoms with Crippen molar-refractivity contribution in [2.45, 2.75) is 24.6 Å². The second-order valence-electron chi connectivity index (χ2n) is 6.40. The van der Waals surface area contributed by atoms with Crippen LogP contribution in [-0.2, 0) is 22.8 Å². The van der Waals surface area contributed by atoms with Crippen molar-refractivity contribution in [3.8, 4) is 0 Å². The van der Waals surface area contributed by atoms with Crippen LogP contribution in [0.15, 0.2) is 48.7 Å². The van der Waals surface area contributed by atoms with Crippen LogP contribution in [0.2, 0.25) is 0 Å². The molecule has 0 amide bonds. The number of benzene rings is 1. The van der Waals surface area contributed by atoms with Crippen molar-refractivity contribution in [2.75, 3.05) is 19.6 Å². The summed E-state index contributed by atoms with van der Waals surface area (Å²) >= 11 is 0. The van der Waals surface area contributed by atoms with E-state index in [0.29, 0.717) is 6.54 Å². The first-order valence-electron chi connectivity index (χ1n) is 8.42. The molecule has 3 rings (SSSR count). The predicted octanol–water partition coefficient (Wildman–Crippen LogP) is 2.28. The van der Waals surface area contributed by atoms with Crippen molar-refractivity contribution in [1.82, 2.24) is 14.2 Å². The average Bonchev–Trinajstić information content (AvgIpc) is 3.21. The van der Waals surface area contributed by atoms with Gasteiger partial charge in [-0.3, -0.25) is 4.90 Å². The molecule has 0 bridgehead atoms. The summed E-state index contributed by atoms with van der Waals surface area (Å²) in [7, 11) is -1.34. The van der Waals surface area contributed by atoms with Crippen LogP contribution in [-0.4, -0.2) is 37.5 Å². The highest BCUT2D eigenvalue weighted by atomic mass is 32.2. The molecule has 0 saturated carbocycles. The van der Waals surface area contributed by atoms with Crippen LogP contribution in [0, 0.1) is 0 Å². The first-order valence-corrected chi connectivity index (χ1v) is 10.1.